The van der Waals surface area contributed by atoms with Gasteiger partial charge in [0, 0.05) is 18.0 Å². The molecule has 0 saturated heterocycles. The molecule has 0 aromatic heterocycles. The Hall–Kier alpha value is -1.35. The van der Waals surface area contributed by atoms with Crippen molar-refractivity contribution in [2.45, 2.75) is 32.1 Å². The van der Waals surface area contributed by atoms with Gasteiger partial charge in [0.1, 0.15) is 0 Å². The predicted molar refractivity (Wildman–Crippen MR) is 78.4 cm³/mol. The third kappa shape index (κ3) is 3.80. The summed E-state index contributed by atoms with van der Waals surface area (Å²) in [5.41, 5.74) is 2.21. The molecular weight excluding hydrogens is 262 g/mol. The number of nitrogens with zero attached hydrogens (tertiary/aromatic N) is 1. The zero-order valence-electron chi connectivity index (χ0n) is 10.8. The number of non-ortho nitro benzene ring substituents is 1. The number of nitro benzene ring substituents is 1. The molecule has 0 spiro atoms. The minimum absolute atomic E-state index is 0.131. The van der Waals surface area contributed by atoms with Crippen LogP contribution in [-0.2, 0) is 0 Å². The Balaban J connectivity index is 2.21. The van der Waals surface area contributed by atoms with E-state index >= 15 is 0 Å². The lowest BCUT2D eigenvalue weighted by molar-refractivity contribution is -0.384. The Kier molecular flexibility index (Phi) is 4.97. The molecule has 1 aromatic carbocycles. The molecule has 0 amide bonds. The Morgan fingerprint density at radius 1 is 1.37 bits per heavy atom. The lowest BCUT2D eigenvalue weighted by atomic mass is 9.83. The molecule has 1 aliphatic rings. The van der Waals surface area contributed by atoms with Gasteiger partial charge in [-0.2, -0.15) is 0 Å². The number of alkyl halides is 1. The number of rotatable bonds is 4. The predicted octanol–water partition coefficient (Wildman–Crippen LogP) is 4.80. The first-order valence-corrected chi connectivity index (χ1v) is 7.25. The van der Waals surface area contributed by atoms with Gasteiger partial charge in [-0.1, -0.05) is 43.0 Å². The van der Waals surface area contributed by atoms with Crippen molar-refractivity contribution in [2.75, 3.05) is 5.88 Å². The molecule has 4 heteroatoms. The molecule has 1 saturated carbocycles. The summed E-state index contributed by atoms with van der Waals surface area (Å²) in [6, 6.07) is 6.73. The average Bonchev–Trinajstić information content (AvgIpc) is 2.46. The van der Waals surface area contributed by atoms with E-state index in [4.69, 9.17) is 11.6 Å². The van der Waals surface area contributed by atoms with E-state index in [9.17, 15) is 10.1 Å². The van der Waals surface area contributed by atoms with Crippen molar-refractivity contribution in [2.24, 2.45) is 5.92 Å². The summed E-state index contributed by atoms with van der Waals surface area (Å²) in [6.45, 7) is 0. The van der Waals surface area contributed by atoms with E-state index in [1.807, 2.05) is 12.1 Å². The summed E-state index contributed by atoms with van der Waals surface area (Å²) >= 11 is 6.05. The number of allylic oxidation sites excluding steroid dienone is 1. The van der Waals surface area contributed by atoms with Crippen LogP contribution >= 0.6 is 11.6 Å². The number of hydrogen-bond donors (Lipinski definition) is 0. The molecule has 0 radical (unpaired) electrons. The first kappa shape index (κ1) is 14.1. The molecule has 0 N–H and O–H groups in total. The summed E-state index contributed by atoms with van der Waals surface area (Å²) in [5, 5.41) is 10.8. The fourth-order valence-corrected chi connectivity index (χ4v) is 2.98. The first-order chi connectivity index (χ1) is 9.20. The zero-order chi connectivity index (χ0) is 13.7. The second kappa shape index (κ2) is 6.71. The third-order valence-electron chi connectivity index (χ3n) is 3.72. The van der Waals surface area contributed by atoms with Crippen LogP contribution in [0.3, 0.4) is 0 Å². The number of benzene rings is 1. The van der Waals surface area contributed by atoms with Crippen molar-refractivity contribution in [1.82, 2.24) is 0 Å². The average molecular weight is 280 g/mol. The van der Waals surface area contributed by atoms with E-state index in [0.717, 1.165) is 5.56 Å². The normalized spacial score (nSPS) is 17.4. The van der Waals surface area contributed by atoms with Crippen LogP contribution in [0.15, 0.2) is 29.8 Å². The van der Waals surface area contributed by atoms with Crippen LogP contribution in [0.25, 0.3) is 6.08 Å². The van der Waals surface area contributed by atoms with Crippen LogP contribution in [0, 0.1) is 16.0 Å². The highest BCUT2D eigenvalue weighted by atomic mass is 35.5. The third-order valence-corrected chi connectivity index (χ3v) is 4.03. The molecular formula is C15H18ClNO2. The van der Waals surface area contributed by atoms with Crippen molar-refractivity contribution in [3.63, 3.8) is 0 Å². The minimum Gasteiger partial charge on any atom is -0.258 e. The Morgan fingerprint density at radius 3 is 2.74 bits per heavy atom. The van der Waals surface area contributed by atoms with Crippen LogP contribution in [0.5, 0.6) is 0 Å². The molecule has 3 nitrogen and oxygen atoms in total. The number of nitro groups is 1. The fourth-order valence-electron chi connectivity index (χ4n) is 2.68. The zero-order valence-corrected chi connectivity index (χ0v) is 11.6. The van der Waals surface area contributed by atoms with E-state index < -0.39 is 0 Å². The molecule has 0 unspecified atom stereocenters. The van der Waals surface area contributed by atoms with Gasteiger partial charge in [-0.3, -0.25) is 10.1 Å². The lowest BCUT2D eigenvalue weighted by Gasteiger charge is -2.23. The van der Waals surface area contributed by atoms with Crippen molar-refractivity contribution < 1.29 is 4.92 Å². The largest absolute Gasteiger partial charge is 0.270 e. The maximum atomic E-state index is 10.8. The summed E-state index contributed by atoms with van der Waals surface area (Å²) in [5.74, 6) is 1.05. The Morgan fingerprint density at radius 2 is 2.11 bits per heavy atom. The van der Waals surface area contributed by atoms with Gasteiger partial charge >= 0.3 is 0 Å². The van der Waals surface area contributed by atoms with Gasteiger partial charge in [0.25, 0.3) is 5.69 Å². The SMILES string of the molecule is O=[N+]([O-])c1cccc(C=C(CCl)C2CCCCC2)c1. The van der Waals surface area contributed by atoms with Gasteiger partial charge < -0.3 is 0 Å². The van der Waals surface area contributed by atoms with Gasteiger partial charge in [-0.25, -0.2) is 0 Å². The summed E-state index contributed by atoms with van der Waals surface area (Å²) in [7, 11) is 0. The second-order valence-electron chi connectivity index (χ2n) is 5.04. The number of hydrogen-bond acceptors (Lipinski definition) is 2. The van der Waals surface area contributed by atoms with Crippen LogP contribution in [0.2, 0.25) is 0 Å². The Bertz CT molecular complexity index is 479. The molecule has 1 aromatic rings. The highest BCUT2D eigenvalue weighted by Crippen LogP contribution is 2.31. The summed E-state index contributed by atoms with van der Waals surface area (Å²) < 4.78 is 0. The quantitative estimate of drug-likeness (QED) is 0.451. The molecule has 0 aliphatic heterocycles. The molecule has 102 valence electrons. The van der Waals surface area contributed by atoms with Crippen LogP contribution in [0.4, 0.5) is 5.69 Å². The molecule has 0 heterocycles. The second-order valence-corrected chi connectivity index (χ2v) is 5.31. The van der Waals surface area contributed by atoms with Crippen molar-refractivity contribution >= 4 is 23.4 Å². The van der Waals surface area contributed by atoms with E-state index in [0.29, 0.717) is 11.8 Å². The molecule has 19 heavy (non-hydrogen) atoms. The van der Waals surface area contributed by atoms with Gasteiger partial charge in [0.05, 0.1) is 4.92 Å². The maximum Gasteiger partial charge on any atom is 0.270 e. The number of halogens is 1. The molecule has 1 aliphatic carbocycles. The van der Waals surface area contributed by atoms with Crippen molar-refractivity contribution in [3.05, 3.63) is 45.5 Å². The maximum absolute atomic E-state index is 10.8. The highest BCUT2D eigenvalue weighted by Gasteiger charge is 2.17. The topological polar surface area (TPSA) is 43.1 Å². The van der Waals surface area contributed by atoms with E-state index in [1.54, 1.807) is 12.1 Å². The minimum atomic E-state index is -0.363. The smallest absolute Gasteiger partial charge is 0.258 e. The molecule has 0 atom stereocenters. The van der Waals surface area contributed by atoms with Crippen LogP contribution in [-0.4, -0.2) is 10.8 Å². The van der Waals surface area contributed by atoms with Crippen molar-refractivity contribution in [1.29, 1.82) is 0 Å². The van der Waals surface area contributed by atoms with E-state index in [2.05, 4.69) is 0 Å². The van der Waals surface area contributed by atoms with E-state index in [-0.39, 0.29) is 10.6 Å². The summed E-state index contributed by atoms with van der Waals surface area (Å²) in [4.78, 5) is 10.4. The Labute approximate surface area is 118 Å². The van der Waals surface area contributed by atoms with Gasteiger partial charge in [0.2, 0.25) is 0 Å². The monoisotopic (exact) mass is 279 g/mol. The fraction of sp³-hybridized carbons (Fsp3) is 0.467. The van der Waals surface area contributed by atoms with E-state index in [1.165, 1.54) is 43.7 Å². The standard InChI is InChI=1S/C15H18ClNO2/c16-11-14(13-6-2-1-3-7-13)9-12-5-4-8-15(10-12)17(18)19/h4-5,8-10,13H,1-3,6-7,11H2. The van der Waals surface area contributed by atoms with Crippen LogP contribution in [0.1, 0.15) is 37.7 Å². The summed E-state index contributed by atoms with van der Waals surface area (Å²) in [6.07, 6.45) is 8.22. The molecule has 2 rings (SSSR count). The molecule has 1 fully saturated rings. The van der Waals surface area contributed by atoms with Gasteiger partial charge in [-0.05, 0) is 24.3 Å². The molecule has 0 bridgehead atoms. The van der Waals surface area contributed by atoms with Gasteiger partial charge in [0.15, 0.2) is 0 Å². The van der Waals surface area contributed by atoms with Gasteiger partial charge in [-0.15, -0.1) is 11.6 Å². The highest BCUT2D eigenvalue weighted by molar-refractivity contribution is 6.19. The first-order valence-electron chi connectivity index (χ1n) is 6.71. The van der Waals surface area contributed by atoms with Crippen molar-refractivity contribution in [3.8, 4) is 0 Å². The lowest BCUT2D eigenvalue weighted by Crippen LogP contribution is -2.10. The van der Waals surface area contributed by atoms with Crippen LogP contribution < -0.4 is 0 Å².